The normalized spacial score (nSPS) is 25.1. The smallest absolute Gasteiger partial charge is 0.0917 e. The zero-order valence-corrected chi connectivity index (χ0v) is 12.4. The van der Waals surface area contributed by atoms with E-state index in [0.29, 0.717) is 17.4 Å². The number of hydrogen-bond acceptors (Lipinski definition) is 3. The maximum atomic E-state index is 4.97. The van der Waals surface area contributed by atoms with Crippen LogP contribution >= 0.6 is 0 Å². The second kappa shape index (κ2) is 4.06. The molecule has 0 radical (unpaired) electrons. The topological polar surface area (TPSA) is 44.0 Å². The van der Waals surface area contributed by atoms with Gasteiger partial charge in [-0.3, -0.25) is 0 Å². The maximum Gasteiger partial charge on any atom is 0.0917 e. The summed E-state index contributed by atoms with van der Waals surface area (Å²) in [7, 11) is 2.19. The number of hydrogen-bond donors (Lipinski definition) is 2. The molecular weight excluding hydrogens is 248 g/mol. The van der Waals surface area contributed by atoms with Crippen molar-refractivity contribution < 1.29 is 0 Å². The van der Waals surface area contributed by atoms with E-state index in [-0.39, 0.29) is 0 Å². The van der Waals surface area contributed by atoms with Gasteiger partial charge >= 0.3 is 0 Å². The second-order valence-electron chi connectivity index (χ2n) is 6.88. The van der Waals surface area contributed by atoms with Crippen molar-refractivity contribution in [1.29, 1.82) is 0 Å². The first-order valence-corrected chi connectivity index (χ1v) is 7.49. The molecule has 4 nitrogen and oxygen atoms in total. The highest BCUT2D eigenvalue weighted by atomic mass is 15.3. The summed E-state index contributed by atoms with van der Waals surface area (Å²) in [6.07, 6.45) is 2.10. The lowest BCUT2D eigenvalue weighted by atomic mass is 9.66. The number of rotatable bonds is 2. The Morgan fingerprint density at radius 3 is 2.75 bits per heavy atom. The zero-order valence-electron chi connectivity index (χ0n) is 12.4. The highest BCUT2D eigenvalue weighted by Gasteiger charge is 2.54. The van der Waals surface area contributed by atoms with Crippen molar-refractivity contribution in [2.75, 3.05) is 26.7 Å². The summed E-state index contributed by atoms with van der Waals surface area (Å²) in [5.74, 6) is 0.504. The van der Waals surface area contributed by atoms with E-state index >= 15 is 0 Å². The number of H-pyrrole nitrogens is 1. The third kappa shape index (κ3) is 1.58. The Morgan fingerprint density at radius 2 is 2.15 bits per heavy atom. The minimum Gasteiger partial charge on any atom is -0.360 e. The lowest BCUT2D eigenvalue weighted by Crippen LogP contribution is -2.71. The van der Waals surface area contributed by atoms with Crippen molar-refractivity contribution >= 4 is 11.0 Å². The van der Waals surface area contributed by atoms with E-state index in [2.05, 4.69) is 54.4 Å². The number of pyridine rings is 1. The van der Waals surface area contributed by atoms with Gasteiger partial charge in [-0.2, -0.15) is 0 Å². The highest BCUT2D eigenvalue weighted by molar-refractivity contribution is 5.79. The fourth-order valence-corrected chi connectivity index (χ4v) is 3.87. The molecule has 2 aliphatic heterocycles. The van der Waals surface area contributed by atoms with Crippen molar-refractivity contribution in [3.05, 3.63) is 29.6 Å². The number of aromatic nitrogens is 2. The van der Waals surface area contributed by atoms with E-state index in [4.69, 9.17) is 4.98 Å². The lowest BCUT2D eigenvalue weighted by Gasteiger charge is -2.60. The monoisotopic (exact) mass is 270 g/mol. The van der Waals surface area contributed by atoms with Crippen LogP contribution in [-0.2, 0) is 0 Å². The molecule has 2 saturated heterocycles. The number of aromatic amines is 1. The fraction of sp³-hybridized carbons (Fsp3) is 0.562. The van der Waals surface area contributed by atoms with Crippen LogP contribution in [0.15, 0.2) is 18.3 Å². The van der Waals surface area contributed by atoms with Crippen molar-refractivity contribution in [1.82, 2.24) is 20.2 Å². The van der Waals surface area contributed by atoms with E-state index in [1.54, 1.807) is 0 Å². The fourth-order valence-electron chi connectivity index (χ4n) is 3.87. The predicted molar refractivity (Wildman–Crippen MR) is 80.9 cm³/mol. The zero-order chi connectivity index (χ0) is 13.9. The Kier molecular flexibility index (Phi) is 2.51. The quantitative estimate of drug-likeness (QED) is 0.880. The van der Waals surface area contributed by atoms with Crippen LogP contribution < -0.4 is 5.32 Å². The van der Waals surface area contributed by atoms with E-state index in [9.17, 15) is 0 Å². The first-order chi connectivity index (χ1) is 9.59. The van der Waals surface area contributed by atoms with Gasteiger partial charge in [0.2, 0.25) is 0 Å². The van der Waals surface area contributed by atoms with Gasteiger partial charge in [0.25, 0.3) is 0 Å². The van der Waals surface area contributed by atoms with Crippen LogP contribution in [0.2, 0.25) is 0 Å². The first-order valence-electron chi connectivity index (χ1n) is 7.49. The molecule has 0 bridgehead atoms. The summed E-state index contributed by atoms with van der Waals surface area (Å²) in [4.78, 5) is 10.7. The molecule has 1 atom stereocenters. The van der Waals surface area contributed by atoms with Crippen LogP contribution in [0, 0.1) is 5.41 Å². The molecule has 106 valence electrons. The number of fused-ring (bicyclic) bond motifs is 1. The Balaban J connectivity index is 1.72. The van der Waals surface area contributed by atoms with Gasteiger partial charge in [-0.25, -0.2) is 4.98 Å². The van der Waals surface area contributed by atoms with Crippen LogP contribution in [-0.4, -0.2) is 41.5 Å². The summed E-state index contributed by atoms with van der Waals surface area (Å²) in [5, 5.41) is 3.58. The number of nitrogens with one attached hydrogen (secondary N) is 2. The van der Waals surface area contributed by atoms with Gasteiger partial charge in [-0.1, -0.05) is 13.8 Å². The molecule has 4 rings (SSSR count). The SMILES string of the molecule is CC(C)c1c[nH]c2ccc(C3NCC34CN(C)C4)nc12. The van der Waals surface area contributed by atoms with E-state index in [1.165, 1.54) is 24.3 Å². The molecule has 20 heavy (non-hydrogen) atoms. The summed E-state index contributed by atoms with van der Waals surface area (Å²) >= 11 is 0. The van der Waals surface area contributed by atoms with Gasteiger partial charge in [-0.05, 0) is 30.7 Å². The Labute approximate surface area is 119 Å². The molecule has 4 heterocycles. The molecule has 2 aromatic heterocycles. The molecule has 1 unspecified atom stereocenters. The standard InChI is InChI=1S/C16H22N4/c1-10(2)11-6-17-12-4-5-13(19-14(11)12)15-16(7-18-15)8-20(3)9-16/h4-6,10,15,17-18H,7-9H2,1-3H3. The van der Waals surface area contributed by atoms with Crippen molar-refractivity contribution in [2.24, 2.45) is 5.41 Å². The van der Waals surface area contributed by atoms with Crippen molar-refractivity contribution in [2.45, 2.75) is 25.8 Å². The molecule has 2 fully saturated rings. The van der Waals surface area contributed by atoms with Crippen molar-refractivity contribution in [3.8, 4) is 0 Å². The maximum absolute atomic E-state index is 4.97. The summed E-state index contributed by atoms with van der Waals surface area (Å²) in [6.45, 7) is 7.96. The molecule has 2 aromatic rings. The molecule has 1 spiro atoms. The van der Waals surface area contributed by atoms with E-state index < -0.39 is 0 Å². The third-order valence-corrected chi connectivity index (χ3v) is 4.93. The van der Waals surface area contributed by atoms with Gasteiger partial charge in [0.1, 0.15) is 0 Å². The molecule has 2 aliphatic rings. The summed E-state index contributed by atoms with van der Waals surface area (Å²) in [5.41, 5.74) is 5.26. The van der Waals surface area contributed by atoms with E-state index in [0.717, 1.165) is 17.6 Å². The average molecular weight is 270 g/mol. The van der Waals surface area contributed by atoms with Gasteiger partial charge in [0.15, 0.2) is 0 Å². The van der Waals surface area contributed by atoms with Crippen LogP contribution in [0.5, 0.6) is 0 Å². The summed E-state index contributed by atoms with van der Waals surface area (Å²) < 4.78 is 0. The van der Waals surface area contributed by atoms with Gasteiger partial charge in [-0.15, -0.1) is 0 Å². The van der Waals surface area contributed by atoms with Crippen molar-refractivity contribution in [3.63, 3.8) is 0 Å². The molecule has 2 N–H and O–H groups in total. The summed E-state index contributed by atoms with van der Waals surface area (Å²) in [6, 6.07) is 4.79. The second-order valence-corrected chi connectivity index (χ2v) is 6.88. The van der Waals surface area contributed by atoms with Crippen LogP contribution in [0.1, 0.15) is 37.1 Å². The number of nitrogens with zero attached hydrogens (tertiary/aromatic N) is 2. The Hall–Kier alpha value is -1.39. The molecular formula is C16H22N4. The van der Waals surface area contributed by atoms with Gasteiger partial charge in [0.05, 0.1) is 22.8 Å². The third-order valence-electron chi connectivity index (χ3n) is 4.93. The molecule has 0 saturated carbocycles. The minimum atomic E-state index is 0.429. The predicted octanol–water partition coefficient (Wildman–Crippen LogP) is 2.26. The Bertz CT molecular complexity index is 652. The van der Waals surface area contributed by atoms with Gasteiger partial charge < -0.3 is 15.2 Å². The Morgan fingerprint density at radius 1 is 1.35 bits per heavy atom. The number of likely N-dealkylation sites (tertiary alicyclic amines) is 1. The minimum absolute atomic E-state index is 0.429. The average Bonchev–Trinajstić information content (AvgIpc) is 2.76. The van der Waals surface area contributed by atoms with Gasteiger partial charge in [0, 0.05) is 31.2 Å². The molecule has 0 amide bonds. The largest absolute Gasteiger partial charge is 0.360 e. The molecule has 0 aromatic carbocycles. The van der Waals surface area contributed by atoms with E-state index in [1.807, 2.05) is 0 Å². The molecule has 4 heteroatoms. The van der Waals surface area contributed by atoms with Crippen LogP contribution in [0.25, 0.3) is 11.0 Å². The lowest BCUT2D eigenvalue weighted by molar-refractivity contribution is -0.0698. The first kappa shape index (κ1) is 12.4. The van der Waals surface area contributed by atoms with Crippen LogP contribution in [0.3, 0.4) is 0 Å². The molecule has 0 aliphatic carbocycles. The highest BCUT2D eigenvalue weighted by Crippen LogP contribution is 2.47. The van der Waals surface area contributed by atoms with Crippen LogP contribution in [0.4, 0.5) is 0 Å².